The van der Waals surface area contributed by atoms with Crippen LogP contribution in [0.3, 0.4) is 0 Å². The van der Waals surface area contributed by atoms with Crippen molar-refractivity contribution >= 4 is 5.71 Å². The highest BCUT2D eigenvalue weighted by molar-refractivity contribution is 5.97. The van der Waals surface area contributed by atoms with Crippen LogP contribution in [0.2, 0.25) is 0 Å². The van der Waals surface area contributed by atoms with Crippen molar-refractivity contribution < 1.29 is 9.77 Å². The molecule has 3 heteroatoms. The molecule has 0 amide bonds. The third kappa shape index (κ3) is 2.94. The maximum atomic E-state index is 8.78. The molecule has 18 heavy (non-hydrogen) atoms. The van der Waals surface area contributed by atoms with E-state index in [1.165, 1.54) is 11.1 Å². The van der Waals surface area contributed by atoms with Crippen LogP contribution in [-0.4, -0.2) is 10.9 Å². The molecule has 0 fully saturated rings. The minimum Gasteiger partial charge on any atom is -0.411 e. The van der Waals surface area contributed by atoms with Gasteiger partial charge in [-0.25, -0.2) is 4.57 Å². The summed E-state index contributed by atoms with van der Waals surface area (Å²) in [5, 5.41) is 12.0. The van der Waals surface area contributed by atoms with Gasteiger partial charge in [0, 0.05) is 11.6 Å². The monoisotopic (exact) mass is 241 g/mol. The first-order valence-electron chi connectivity index (χ1n) is 5.93. The molecular weight excluding hydrogens is 224 g/mol. The maximum absolute atomic E-state index is 8.78. The Labute approximate surface area is 107 Å². The lowest BCUT2D eigenvalue weighted by Crippen LogP contribution is -2.34. The molecule has 0 aliphatic heterocycles. The second-order valence-corrected chi connectivity index (χ2v) is 4.44. The van der Waals surface area contributed by atoms with E-state index in [1.54, 1.807) is 6.92 Å². The van der Waals surface area contributed by atoms with Gasteiger partial charge in [0.05, 0.1) is 11.3 Å². The van der Waals surface area contributed by atoms with Crippen molar-refractivity contribution in [3.63, 3.8) is 0 Å². The Hall–Kier alpha value is -2.16. The van der Waals surface area contributed by atoms with E-state index in [2.05, 4.69) is 40.9 Å². The molecule has 1 N–H and O–H groups in total. The number of oxime groups is 1. The van der Waals surface area contributed by atoms with Crippen LogP contribution < -0.4 is 4.57 Å². The zero-order chi connectivity index (χ0) is 13.0. The molecule has 92 valence electrons. The van der Waals surface area contributed by atoms with Gasteiger partial charge in [0.25, 0.3) is 0 Å². The lowest BCUT2D eigenvalue weighted by molar-refractivity contribution is -0.688. The van der Waals surface area contributed by atoms with Crippen LogP contribution in [0.4, 0.5) is 0 Å². The van der Waals surface area contributed by atoms with Gasteiger partial charge < -0.3 is 5.21 Å². The Balaban J connectivity index is 2.22. The van der Waals surface area contributed by atoms with Gasteiger partial charge in [-0.1, -0.05) is 35.0 Å². The Morgan fingerprint density at radius 3 is 2.61 bits per heavy atom. The summed E-state index contributed by atoms with van der Waals surface area (Å²) >= 11 is 0. The third-order valence-electron chi connectivity index (χ3n) is 2.91. The fourth-order valence-corrected chi connectivity index (χ4v) is 1.80. The molecule has 0 radical (unpaired) electrons. The van der Waals surface area contributed by atoms with E-state index in [0.717, 1.165) is 12.1 Å². The van der Waals surface area contributed by atoms with Crippen LogP contribution in [-0.2, 0) is 6.54 Å². The summed E-state index contributed by atoms with van der Waals surface area (Å²) in [6.07, 6.45) is 3.99. The van der Waals surface area contributed by atoms with E-state index in [4.69, 9.17) is 5.21 Å². The van der Waals surface area contributed by atoms with Crippen LogP contribution in [0.5, 0.6) is 0 Å². The maximum Gasteiger partial charge on any atom is 0.178 e. The van der Waals surface area contributed by atoms with Gasteiger partial charge in [-0.15, -0.1) is 0 Å². The number of aromatic nitrogens is 1. The van der Waals surface area contributed by atoms with Crippen molar-refractivity contribution in [3.05, 3.63) is 65.5 Å². The zero-order valence-electron chi connectivity index (χ0n) is 10.7. The van der Waals surface area contributed by atoms with E-state index < -0.39 is 0 Å². The van der Waals surface area contributed by atoms with Crippen LogP contribution in [0.25, 0.3) is 0 Å². The number of aryl methyl sites for hydroxylation is 1. The average molecular weight is 241 g/mol. The topological polar surface area (TPSA) is 36.5 Å². The molecule has 3 nitrogen and oxygen atoms in total. The number of hydrogen-bond donors (Lipinski definition) is 1. The largest absolute Gasteiger partial charge is 0.411 e. The number of rotatable bonds is 3. The number of hydrogen-bond acceptors (Lipinski definition) is 2. The molecule has 2 aromatic rings. The zero-order valence-corrected chi connectivity index (χ0v) is 10.7. The highest BCUT2D eigenvalue weighted by atomic mass is 16.4. The molecule has 0 aliphatic rings. The first-order valence-corrected chi connectivity index (χ1v) is 5.93. The molecule has 1 aromatic heterocycles. The van der Waals surface area contributed by atoms with E-state index in [1.807, 2.05) is 24.5 Å². The predicted octanol–water partition coefficient (Wildman–Crippen LogP) is 2.53. The minimum absolute atomic E-state index is 0.619. The lowest BCUT2D eigenvalue weighted by Gasteiger charge is -2.01. The summed E-state index contributed by atoms with van der Waals surface area (Å²) in [5.74, 6) is 0. The van der Waals surface area contributed by atoms with E-state index in [9.17, 15) is 0 Å². The van der Waals surface area contributed by atoms with Gasteiger partial charge in [-0.05, 0) is 19.9 Å². The molecule has 0 spiro atoms. The first kappa shape index (κ1) is 12.3. The second kappa shape index (κ2) is 5.45. The SMILES string of the molecule is CC(=NO)c1ccc[n+](Cc2ccc(C)cc2)c1. The van der Waals surface area contributed by atoms with Crippen molar-refractivity contribution in [3.8, 4) is 0 Å². The lowest BCUT2D eigenvalue weighted by atomic mass is 10.1. The van der Waals surface area contributed by atoms with Gasteiger partial charge in [-0.2, -0.15) is 0 Å². The molecule has 1 heterocycles. The molecular formula is C15H17N2O+. The van der Waals surface area contributed by atoms with Gasteiger partial charge in [-0.3, -0.25) is 0 Å². The van der Waals surface area contributed by atoms with Crippen molar-refractivity contribution in [2.45, 2.75) is 20.4 Å². The van der Waals surface area contributed by atoms with Gasteiger partial charge >= 0.3 is 0 Å². The number of pyridine rings is 1. The van der Waals surface area contributed by atoms with Crippen LogP contribution >= 0.6 is 0 Å². The molecule has 0 bridgehead atoms. The predicted molar refractivity (Wildman–Crippen MR) is 70.9 cm³/mol. The van der Waals surface area contributed by atoms with E-state index in [-0.39, 0.29) is 0 Å². The molecule has 0 aliphatic carbocycles. The summed E-state index contributed by atoms with van der Waals surface area (Å²) in [7, 11) is 0. The molecule has 1 aromatic carbocycles. The third-order valence-corrected chi connectivity index (χ3v) is 2.91. The summed E-state index contributed by atoms with van der Waals surface area (Å²) in [6.45, 7) is 4.68. The van der Waals surface area contributed by atoms with Crippen LogP contribution in [0, 0.1) is 6.92 Å². The Morgan fingerprint density at radius 1 is 1.22 bits per heavy atom. The Morgan fingerprint density at radius 2 is 1.94 bits per heavy atom. The fraction of sp³-hybridized carbons (Fsp3) is 0.200. The van der Waals surface area contributed by atoms with Crippen molar-refractivity contribution in [1.82, 2.24) is 0 Å². The summed E-state index contributed by atoms with van der Waals surface area (Å²) in [4.78, 5) is 0. The normalized spacial score (nSPS) is 11.6. The molecule has 2 rings (SSSR count). The quantitative estimate of drug-likeness (QED) is 0.381. The fourth-order valence-electron chi connectivity index (χ4n) is 1.80. The van der Waals surface area contributed by atoms with Crippen molar-refractivity contribution in [1.29, 1.82) is 0 Å². The Kier molecular flexibility index (Phi) is 3.72. The second-order valence-electron chi connectivity index (χ2n) is 4.44. The van der Waals surface area contributed by atoms with Gasteiger partial charge in [0.2, 0.25) is 0 Å². The number of nitrogens with zero attached hydrogens (tertiary/aromatic N) is 2. The molecule has 0 unspecified atom stereocenters. The van der Waals surface area contributed by atoms with Crippen LogP contribution in [0.15, 0.2) is 53.9 Å². The smallest absolute Gasteiger partial charge is 0.178 e. The Bertz CT molecular complexity index is 559. The summed E-state index contributed by atoms with van der Waals surface area (Å²) in [5.41, 5.74) is 4.06. The highest BCUT2D eigenvalue weighted by Crippen LogP contribution is 2.03. The summed E-state index contributed by atoms with van der Waals surface area (Å²) < 4.78 is 2.08. The van der Waals surface area contributed by atoms with E-state index in [0.29, 0.717) is 5.71 Å². The first-order chi connectivity index (χ1) is 8.69. The standard InChI is InChI=1S/C15H16N2O/c1-12-5-7-14(8-6-12)10-17-9-3-4-15(11-17)13(2)16-18/h3-9,11H,10H2,1-2H3/p+1. The van der Waals surface area contributed by atoms with Crippen molar-refractivity contribution in [2.75, 3.05) is 0 Å². The number of benzene rings is 1. The average Bonchev–Trinajstić information content (AvgIpc) is 2.41. The van der Waals surface area contributed by atoms with Crippen LogP contribution in [0.1, 0.15) is 23.6 Å². The molecule has 0 saturated heterocycles. The van der Waals surface area contributed by atoms with E-state index >= 15 is 0 Å². The van der Waals surface area contributed by atoms with Crippen molar-refractivity contribution in [2.24, 2.45) is 5.16 Å². The highest BCUT2D eigenvalue weighted by Gasteiger charge is 2.06. The minimum atomic E-state index is 0.619. The van der Waals surface area contributed by atoms with Gasteiger partial charge in [0.1, 0.15) is 0 Å². The molecule has 0 saturated carbocycles. The molecule has 0 atom stereocenters. The summed E-state index contributed by atoms with van der Waals surface area (Å²) in [6, 6.07) is 12.4. The van der Waals surface area contributed by atoms with Gasteiger partial charge in [0.15, 0.2) is 18.9 Å².